The Hall–Kier alpha value is -1.32. The van der Waals surface area contributed by atoms with E-state index in [0.29, 0.717) is 12.1 Å². The number of rotatable bonds is 1. The van der Waals surface area contributed by atoms with Gasteiger partial charge in [0.05, 0.1) is 0 Å². The summed E-state index contributed by atoms with van der Waals surface area (Å²) in [5.74, 6) is -1.05. The van der Waals surface area contributed by atoms with Gasteiger partial charge >= 0.3 is 5.97 Å². The number of nitrogens with zero attached hydrogens (tertiary/aromatic N) is 1. The summed E-state index contributed by atoms with van der Waals surface area (Å²) in [7, 11) is 0. The highest BCUT2D eigenvalue weighted by molar-refractivity contribution is 5.98. The fourth-order valence-corrected chi connectivity index (χ4v) is 0.847. The van der Waals surface area contributed by atoms with Gasteiger partial charge in [0.2, 0.25) is 0 Å². The van der Waals surface area contributed by atoms with Gasteiger partial charge in [-0.05, 0) is 6.92 Å². The Morgan fingerprint density at radius 3 is 2.60 bits per heavy atom. The lowest BCUT2D eigenvalue weighted by Crippen LogP contribution is -2.04. The zero-order valence-corrected chi connectivity index (χ0v) is 5.59. The molecule has 0 fully saturated rings. The van der Waals surface area contributed by atoms with Gasteiger partial charge in [0.1, 0.15) is 0 Å². The summed E-state index contributed by atoms with van der Waals surface area (Å²) >= 11 is 0. The minimum atomic E-state index is -1.05. The Kier molecular flexibility index (Phi) is 1.45. The van der Waals surface area contributed by atoms with Gasteiger partial charge in [0.25, 0.3) is 0 Å². The highest BCUT2D eigenvalue weighted by Crippen LogP contribution is 2.14. The van der Waals surface area contributed by atoms with Gasteiger partial charge < -0.3 is 10.8 Å². The Morgan fingerprint density at radius 1 is 1.80 bits per heavy atom. The maximum atomic E-state index is 10.3. The molecule has 1 rings (SSSR count). The second-order valence-electron chi connectivity index (χ2n) is 2.20. The third-order valence-electron chi connectivity index (χ3n) is 1.26. The summed E-state index contributed by atoms with van der Waals surface area (Å²) in [6.45, 7) is 1.75. The molecule has 0 unspecified atom stereocenters. The molecule has 1 aliphatic rings. The molecule has 0 aromatic carbocycles. The van der Waals surface area contributed by atoms with Crippen LogP contribution in [-0.2, 0) is 4.79 Å². The second kappa shape index (κ2) is 2.13. The Labute approximate surface area is 58.1 Å². The molecular weight excluding hydrogens is 132 g/mol. The highest BCUT2D eigenvalue weighted by Gasteiger charge is 2.17. The number of hydrogen-bond acceptors (Lipinski definition) is 3. The molecule has 1 heterocycles. The van der Waals surface area contributed by atoms with Crippen LogP contribution in [0.15, 0.2) is 16.4 Å². The summed E-state index contributed by atoms with van der Waals surface area (Å²) in [6.07, 6.45) is 0.488. The number of carboxylic acids is 1. The van der Waals surface area contributed by atoms with E-state index in [2.05, 4.69) is 4.99 Å². The van der Waals surface area contributed by atoms with Crippen LogP contribution in [0.1, 0.15) is 13.3 Å². The van der Waals surface area contributed by atoms with Crippen LogP contribution >= 0.6 is 0 Å². The van der Waals surface area contributed by atoms with Gasteiger partial charge in [-0.1, -0.05) is 0 Å². The summed E-state index contributed by atoms with van der Waals surface area (Å²) in [5.41, 5.74) is 6.46. The fraction of sp³-hybridized carbons (Fsp3) is 0.333. The molecule has 4 heteroatoms. The zero-order chi connectivity index (χ0) is 7.72. The number of nitrogens with two attached hydrogens (primary N) is 1. The minimum absolute atomic E-state index is 0.00231. The van der Waals surface area contributed by atoms with Crippen molar-refractivity contribution in [2.24, 2.45) is 10.7 Å². The van der Waals surface area contributed by atoms with Gasteiger partial charge in [-0.3, -0.25) is 0 Å². The number of allylic oxidation sites excluding steroid dienone is 1. The molecule has 0 saturated carbocycles. The number of carbonyl (C=O) groups is 1. The number of aliphatic imine (C=N–C) groups is 1. The van der Waals surface area contributed by atoms with Gasteiger partial charge in [-0.2, -0.15) is 0 Å². The molecule has 0 spiro atoms. The van der Waals surface area contributed by atoms with Gasteiger partial charge in [0.15, 0.2) is 5.70 Å². The van der Waals surface area contributed by atoms with E-state index in [9.17, 15) is 4.79 Å². The first-order valence-electron chi connectivity index (χ1n) is 2.87. The van der Waals surface area contributed by atoms with Crippen molar-refractivity contribution in [2.75, 3.05) is 0 Å². The molecule has 3 N–H and O–H groups in total. The smallest absolute Gasteiger partial charge is 0.356 e. The van der Waals surface area contributed by atoms with Crippen molar-refractivity contribution < 1.29 is 9.90 Å². The molecule has 1 aliphatic heterocycles. The standard InChI is InChI=1S/C6H8N2O2/c1-3-2-4(7)5(8-3)6(9)10/h2,7H2,1H3,(H,9,10). The van der Waals surface area contributed by atoms with Crippen LogP contribution in [0.2, 0.25) is 0 Å². The highest BCUT2D eigenvalue weighted by atomic mass is 16.4. The average Bonchev–Trinajstić information content (AvgIpc) is 2.10. The van der Waals surface area contributed by atoms with E-state index in [0.717, 1.165) is 5.71 Å². The Morgan fingerprint density at radius 2 is 2.40 bits per heavy atom. The van der Waals surface area contributed by atoms with Crippen LogP contribution in [0.25, 0.3) is 0 Å². The lowest BCUT2D eigenvalue weighted by molar-refractivity contribution is -0.132. The quantitative estimate of drug-likeness (QED) is 0.542. The van der Waals surface area contributed by atoms with Crippen LogP contribution in [0.4, 0.5) is 0 Å². The first-order chi connectivity index (χ1) is 4.61. The first kappa shape index (κ1) is 6.80. The van der Waals surface area contributed by atoms with Crippen LogP contribution in [0.5, 0.6) is 0 Å². The van der Waals surface area contributed by atoms with Crippen molar-refractivity contribution in [3.63, 3.8) is 0 Å². The van der Waals surface area contributed by atoms with Crippen LogP contribution in [0, 0.1) is 0 Å². The summed E-state index contributed by atoms with van der Waals surface area (Å²) < 4.78 is 0. The predicted molar refractivity (Wildman–Crippen MR) is 36.6 cm³/mol. The van der Waals surface area contributed by atoms with E-state index < -0.39 is 5.97 Å². The first-order valence-corrected chi connectivity index (χ1v) is 2.87. The molecule has 0 atom stereocenters. The Balaban J connectivity index is 2.93. The minimum Gasteiger partial charge on any atom is -0.476 e. The van der Waals surface area contributed by atoms with Crippen molar-refractivity contribution in [3.05, 3.63) is 11.4 Å². The molecule has 4 nitrogen and oxygen atoms in total. The van der Waals surface area contributed by atoms with Gasteiger partial charge in [0, 0.05) is 17.8 Å². The van der Waals surface area contributed by atoms with E-state index in [1.54, 1.807) is 6.92 Å². The summed E-state index contributed by atoms with van der Waals surface area (Å²) in [5, 5.41) is 8.46. The molecular formula is C6H8N2O2. The maximum absolute atomic E-state index is 10.3. The third kappa shape index (κ3) is 1.00. The topological polar surface area (TPSA) is 75.7 Å². The molecule has 0 aromatic rings. The molecule has 0 bridgehead atoms. The molecule has 0 radical (unpaired) electrons. The van der Waals surface area contributed by atoms with E-state index >= 15 is 0 Å². The monoisotopic (exact) mass is 140 g/mol. The van der Waals surface area contributed by atoms with Gasteiger partial charge in [-0.15, -0.1) is 0 Å². The lowest BCUT2D eigenvalue weighted by atomic mass is 10.2. The number of hydrogen-bond donors (Lipinski definition) is 2. The van der Waals surface area contributed by atoms with E-state index in [1.165, 1.54) is 0 Å². The lowest BCUT2D eigenvalue weighted by Gasteiger charge is -1.90. The SMILES string of the molecule is CC1=NC(C(=O)O)=C(N)C1. The molecule has 0 amide bonds. The number of aliphatic carboxylic acids is 1. The maximum Gasteiger partial charge on any atom is 0.356 e. The normalized spacial score (nSPS) is 17.5. The van der Waals surface area contributed by atoms with Crippen molar-refractivity contribution in [1.29, 1.82) is 0 Å². The summed E-state index contributed by atoms with van der Waals surface area (Å²) in [6, 6.07) is 0. The van der Waals surface area contributed by atoms with E-state index in [1.807, 2.05) is 0 Å². The summed E-state index contributed by atoms with van der Waals surface area (Å²) in [4.78, 5) is 14.1. The van der Waals surface area contributed by atoms with Crippen molar-refractivity contribution >= 4 is 11.7 Å². The zero-order valence-electron chi connectivity index (χ0n) is 5.59. The molecule has 0 aromatic heterocycles. The van der Waals surface area contributed by atoms with Crippen molar-refractivity contribution in [2.45, 2.75) is 13.3 Å². The second-order valence-corrected chi connectivity index (χ2v) is 2.20. The van der Waals surface area contributed by atoms with Crippen LogP contribution in [0.3, 0.4) is 0 Å². The predicted octanol–water partition coefficient (Wildman–Crippen LogP) is 0.106. The van der Waals surface area contributed by atoms with Gasteiger partial charge in [-0.25, -0.2) is 9.79 Å². The van der Waals surface area contributed by atoms with Crippen molar-refractivity contribution in [1.82, 2.24) is 0 Å². The van der Waals surface area contributed by atoms with E-state index in [-0.39, 0.29) is 5.70 Å². The molecule has 54 valence electrons. The van der Waals surface area contributed by atoms with E-state index in [4.69, 9.17) is 10.8 Å². The average molecular weight is 140 g/mol. The van der Waals surface area contributed by atoms with Crippen molar-refractivity contribution in [3.8, 4) is 0 Å². The largest absolute Gasteiger partial charge is 0.476 e. The molecule has 0 aliphatic carbocycles. The fourth-order valence-electron chi connectivity index (χ4n) is 0.847. The Bertz CT molecular complexity index is 240. The third-order valence-corrected chi connectivity index (χ3v) is 1.26. The molecule has 10 heavy (non-hydrogen) atoms. The molecule has 0 saturated heterocycles. The number of carboxylic acid groups (broad SMARTS) is 1. The van der Waals surface area contributed by atoms with Crippen LogP contribution < -0.4 is 5.73 Å². The van der Waals surface area contributed by atoms with Crippen LogP contribution in [-0.4, -0.2) is 16.8 Å².